The zero-order valence-corrected chi connectivity index (χ0v) is 14.4. The first-order chi connectivity index (χ1) is 9.99. The van der Waals surface area contributed by atoms with E-state index in [1.54, 1.807) is 30.3 Å². The van der Waals surface area contributed by atoms with Crippen LogP contribution in [0.25, 0.3) is 0 Å². The molecule has 21 heavy (non-hydrogen) atoms. The van der Waals surface area contributed by atoms with Gasteiger partial charge in [0.1, 0.15) is 5.15 Å². The maximum Gasteiger partial charge on any atom is 0.255 e. The van der Waals surface area contributed by atoms with E-state index in [2.05, 4.69) is 26.2 Å². The summed E-state index contributed by atoms with van der Waals surface area (Å²) in [5, 5.41) is 3.56. The first-order valence-electron chi connectivity index (χ1n) is 6.42. The SMILES string of the molecule is CCCc1cc(C(=O)Nc2cc(Br)ccc2Cl)cc(Cl)n1. The summed E-state index contributed by atoms with van der Waals surface area (Å²) in [5.41, 5.74) is 1.81. The van der Waals surface area contributed by atoms with Gasteiger partial charge < -0.3 is 5.32 Å². The van der Waals surface area contributed by atoms with Gasteiger partial charge in [-0.3, -0.25) is 4.79 Å². The summed E-state index contributed by atoms with van der Waals surface area (Å²) in [6.07, 6.45) is 1.71. The molecule has 2 rings (SSSR count). The fourth-order valence-electron chi connectivity index (χ4n) is 1.85. The quantitative estimate of drug-likeness (QED) is 0.717. The molecule has 0 saturated heterocycles. The minimum absolute atomic E-state index is 0.267. The monoisotopic (exact) mass is 386 g/mol. The normalized spacial score (nSPS) is 10.5. The highest BCUT2D eigenvalue weighted by atomic mass is 79.9. The molecule has 0 aliphatic carbocycles. The zero-order valence-electron chi connectivity index (χ0n) is 11.3. The molecule has 1 N–H and O–H groups in total. The lowest BCUT2D eigenvalue weighted by molar-refractivity contribution is 0.102. The molecule has 110 valence electrons. The summed E-state index contributed by atoms with van der Waals surface area (Å²) >= 11 is 15.4. The average molecular weight is 388 g/mol. The van der Waals surface area contributed by atoms with E-state index in [1.807, 2.05) is 6.92 Å². The lowest BCUT2D eigenvalue weighted by Gasteiger charge is -2.09. The van der Waals surface area contributed by atoms with Crippen molar-refractivity contribution in [3.8, 4) is 0 Å². The Labute approximate surface area is 141 Å². The smallest absolute Gasteiger partial charge is 0.255 e. The Morgan fingerprint density at radius 2 is 2.05 bits per heavy atom. The van der Waals surface area contributed by atoms with Gasteiger partial charge in [0.15, 0.2) is 0 Å². The van der Waals surface area contributed by atoms with Crippen molar-refractivity contribution in [2.75, 3.05) is 5.32 Å². The second kappa shape index (κ2) is 7.25. The molecule has 0 aliphatic rings. The van der Waals surface area contributed by atoms with Gasteiger partial charge in [-0.25, -0.2) is 4.98 Å². The number of nitrogens with one attached hydrogen (secondary N) is 1. The van der Waals surface area contributed by atoms with E-state index in [4.69, 9.17) is 23.2 Å². The predicted molar refractivity (Wildman–Crippen MR) is 90.3 cm³/mol. The molecule has 6 heteroatoms. The van der Waals surface area contributed by atoms with E-state index < -0.39 is 0 Å². The second-order valence-electron chi connectivity index (χ2n) is 4.50. The van der Waals surface area contributed by atoms with Crippen molar-refractivity contribution in [1.29, 1.82) is 0 Å². The van der Waals surface area contributed by atoms with Gasteiger partial charge in [0.2, 0.25) is 0 Å². The molecule has 1 amide bonds. The van der Waals surface area contributed by atoms with Crippen LogP contribution in [-0.2, 0) is 6.42 Å². The van der Waals surface area contributed by atoms with E-state index in [-0.39, 0.29) is 5.91 Å². The third kappa shape index (κ3) is 4.43. The van der Waals surface area contributed by atoms with Crippen molar-refractivity contribution in [1.82, 2.24) is 4.98 Å². The maximum atomic E-state index is 12.3. The van der Waals surface area contributed by atoms with Crippen LogP contribution < -0.4 is 5.32 Å². The number of pyridine rings is 1. The zero-order chi connectivity index (χ0) is 15.4. The van der Waals surface area contributed by atoms with Gasteiger partial charge in [0.05, 0.1) is 10.7 Å². The Bertz CT molecular complexity index is 677. The highest BCUT2D eigenvalue weighted by Gasteiger charge is 2.11. The molecule has 1 aromatic heterocycles. The van der Waals surface area contributed by atoms with Gasteiger partial charge >= 0.3 is 0 Å². The summed E-state index contributed by atoms with van der Waals surface area (Å²) in [5.74, 6) is -0.267. The Kier molecular flexibility index (Phi) is 5.62. The van der Waals surface area contributed by atoms with Crippen LogP contribution in [-0.4, -0.2) is 10.9 Å². The molecule has 0 bridgehead atoms. The molecule has 0 saturated carbocycles. The largest absolute Gasteiger partial charge is 0.321 e. The lowest BCUT2D eigenvalue weighted by atomic mass is 10.1. The first kappa shape index (κ1) is 16.3. The van der Waals surface area contributed by atoms with Crippen LogP contribution >= 0.6 is 39.1 Å². The Hall–Kier alpha value is -1.10. The number of amides is 1. The summed E-state index contributed by atoms with van der Waals surface area (Å²) in [6, 6.07) is 8.55. The number of carbonyl (C=O) groups is 1. The van der Waals surface area contributed by atoms with Crippen molar-refractivity contribution in [2.24, 2.45) is 0 Å². The van der Waals surface area contributed by atoms with Gasteiger partial charge in [-0.15, -0.1) is 0 Å². The standard InChI is InChI=1S/C15H13BrCl2N2O/c1-2-3-11-6-9(7-14(18)19-11)15(21)20-13-8-10(16)4-5-12(13)17/h4-8H,2-3H2,1H3,(H,20,21). The van der Waals surface area contributed by atoms with Crippen molar-refractivity contribution >= 4 is 50.7 Å². The fraction of sp³-hybridized carbons (Fsp3) is 0.200. The number of anilines is 1. The van der Waals surface area contributed by atoms with Crippen molar-refractivity contribution in [3.63, 3.8) is 0 Å². The molecule has 1 heterocycles. The van der Waals surface area contributed by atoms with Gasteiger partial charge in [-0.05, 0) is 36.8 Å². The number of hydrogen-bond donors (Lipinski definition) is 1. The number of aryl methyl sites for hydroxylation is 1. The lowest BCUT2D eigenvalue weighted by Crippen LogP contribution is -2.13. The highest BCUT2D eigenvalue weighted by Crippen LogP contribution is 2.26. The summed E-state index contributed by atoms with van der Waals surface area (Å²) < 4.78 is 0.835. The summed E-state index contributed by atoms with van der Waals surface area (Å²) in [4.78, 5) is 16.5. The number of hydrogen-bond acceptors (Lipinski definition) is 2. The molecular formula is C15H13BrCl2N2O. The fourth-order valence-corrected chi connectivity index (χ4v) is 2.61. The molecule has 0 radical (unpaired) electrons. The molecule has 0 atom stereocenters. The van der Waals surface area contributed by atoms with E-state index in [1.165, 1.54) is 0 Å². The molecule has 2 aromatic rings. The summed E-state index contributed by atoms with van der Waals surface area (Å²) in [6.45, 7) is 2.05. The van der Waals surface area contributed by atoms with Crippen LogP contribution in [0.4, 0.5) is 5.69 Å². The van der Waals surface area contributed by atoms with Crippen LogP contribution in [0, 0.1) is 0 Å². The third-order valence-electron chi connectivity index (χ3n) is 2.79. The van der Waals surface area contributed by atoms with E-state index >= 15 is 0 Å². The van der Waals surface area contributed by atoms with Gasteiger partial charge in [0.25, 0.3) is 5.91 Å². The Balaban J connectivity index is 2.25. The Morgan fingerprint density at radius 3 is 2.76 bits per heavy atom. The van der Waals surface area contributed by atoms with E-state index in [0.717, 1.165) is 23.0 Å². The van der Waals surface area contributed by atoms with Crippen LogP contribution in [0.2, 0.25) is 10.2 Å². The molecular weight excluding hydrogens is 375 g/mol. The van der Waals surface area contributed by atoms with Crippen LogP contribution in [0.1, 0.15) is 29.4 Å². The summed E-state index contributed by atoms with van der Waals surface area (Å²) in [7, 11) is 0. The first-order valence-corrected chi connectivity index (χ1v) is 7.97. The van der Waals surface area contributed by atoms with E-state index in [0.29, 0.717) is 21.4 Å². The van der Waals surface area contributed by atoms with Gasteiger partial charge in [-0.2, -0.15) is 0 Å². The third-order valence-corrected chi connectivity index (χ3v) is 3.81. The van der Waals surface area contributed by atoms with Gasteiger partial charge in [-0.1, -0.05) is 52.5 Å². The second-order valence-corrected chi connectivity index (χ2v) is 6.21. The van der Waals surface area contributed by atoms with Crippen LogP contribution in [0.3, 0.4) is 0 Å². The van der Waals surface area contributed by atoms with Crippen molar-refractivity contribution in [3.05, 3.63) is 56.2 Å². The van der Waals surface area contributed by atoms with Crippen molar-refractivity contribution < 1.29 is 4.79 Å². The molecule has 0 unspecified atom stereocenters. The molecule has 0 spiro atoms. The Morgan fingerprint density at radius 1 is 1.29 bits per heavy atom. The molecule has 0 aliphatic heterocycles. The maximum absolute atomic E-state index is 12.3. The van der Waals surface area contributed by atoms with Crippen molar-refractivity contribution in [2.45, 2.75) is 19.8 Å². The minimum Gasteiger partial charge on any atom is -0.321 e. The predicted octanol–water partition coefficient (Wildman–Crippen LogP) is 5.36. The number of carbonyl (C=O) groups excluding carboxylic acids is 1. The van der Waals surface area contributed by atoms with Crippen LogP contribution in [0.5, 0.6) is 0 Å². The van der Waals surface area contributed by atoms with Gasteiger partial charge in [0, 0.05) is 15.7 Å². The number of halogens is 3. The number of rotatable bonds is 4. The van der Waals surface area contributed by atoms with Crippen LogP contribution in [0.15, 0.2) is 34.8 Å². The number of nitrogens with zero attached hydrogens (tertiary/aromatic N) is 1. The minimum atomic E-state index is -0.267. The molecule has 3 nitrogen and oxygen atoms in total. The highest BCUT2D eigenvalue weighted by molar-refractivity contribution is 9.10. The molecule has 1 aromatic carbocycles. The number of aromatic nitrogens is 1. The topological polar surface area (TPSA) is 42.0 Å². The van der Waals surface area contributed by atoms with E-state index in [9.17, 15) is 4.79 Å². The molecule has 0 fully saturated rings. The number of benzene rings is 1. The average Bonchev–Trinajstić information content (AvgIpc) is 2.42.